The standard InChI is InChI=1S/C14H21O6S3/c1-10(2)21(15,16)14(22(17,18)11(3)4)23(19,20)13-8-6-12(5)7-9-13/h6-11H,1-5H3/q-1. The van der Waals surface area contributed by atoms with Crippen LogP contribution < -0.4 is 0 Å². The lowest BCUT2D eigenvalue weighted by molar-refractivity contribution is 0.576. The number of hydrogen-bond donors (Lipinski definition) is 0. The van der Waals surface area contributed by atoms with Crippen molar-refractivity contribution in [1.29, 1.82) is 0 Å². The fourth-order valence-electron chi connectivity index (χ4n) is 1.67. The van der Waals surface area contributed by atoms with Gasteiger partial charge in [0.15, 0.2) is 0 Å². The first-order valence-electron chi connectivity index (χ1n) is 6.92. The Bertz CT molecular complexity index is 823. The first-order chi connectivity index (χ1) is 10.3. The van der Waals surface area contributed by atoms with Gasteiger partial charge in [0, 0.05) is 19.3 Å². The molecule has 0 aliphatic heterocycles. The van der Waals surface area contributed by atoms with Crippen LogP contribution in [0.5, 0.6) is 0 Å². The average molecular weight is 382 g/mol. The fraction of sp³-hybridized carbons (Fsp3) is 0.500. The Morgan fingerprint density at radius 3 is 1.39 bits per heavy atom. The Hall–Kier alpha value is -0.930. The zero-order chi connectivity index (χ0) is 18.2. The molecule has 0 aliphatic carbocycles. The Morgan fingerprint density at radius 1 is 0.739 bits per heavy atom. The van der Waals surface area contributed by atoms with E-state index in [1.54, 1.807) is 6.92 Å². The van der Waals surface area contributed by atoms with E-state index >= 15 is 0 Å². The summed E-state index contributed by atoms with van der Waals surface area (Å²) in [5, 5.41) is -2.35. The Labute approximate surface area is 138 Å². The van der Waals surface area contributed by atoms with Crippen LogP contribution in [0.3, 0.4) is 0 Å². The summed E-state index contributed by atoms with van der Waals surface area (Å²) in [5.41, 5.74) is 0.768. The van der Waals surface area contributed by atoms with Gasteiger partial charge >= 0.3 is 0 Å². The van der Waals surface area contributed by atoms with Crippen molar-refractivity contribution >= 4 is 29.5 Å². The van der Waals surface area contributed by atoms with Crippen LogP contribution in [0, 0.1) is 10.8 Å². The average Bonchev–Trinajstić information content (AvgIpc) is 2.37. The van der Waals surface area contributed by atoms with Gasteiger partial charge in [0.25, 0.3) is 0 Å². The highest BCUT2D eigenvalue weighted by atomic mass is 32.3. The van der Waals surface area contributed by atoms with Crippen molar-refractivity contribution < 1.29 is 25.3 Å². The maximum Gasteiger partial charge on any atom is 0.0824 e. The molecule has 0 radical (unpaired) electrons. The van der Waals surface area contributed by atoms with E-state index in [1.165, 1.54) is 52.0 Å². The van der Waals surface area contributed by atoms with Crippen LogP contribution in [0.1, 0.15) is 33.3 Å². The van der Waals surface area contributed by atoms with E-state index in [1.807, 2.05) is 0 Å². The number of sulfone groups is 3. The highest BCUT2D eigenvalue weighted by molar-refractivity contribution is 8.29. The molecule has 0 amide bonds. The van der Waals surface area contributed by atoms with Crippen LogP contribution in [0.15, 0.2) is 29.2 Å². The van der Waals surface area contributed by atoms with Gasteiger partial charge in [0.05, 0.1) is 29.5 Å². The van der Waals surface area contributed by atoms with Gasteiger partial charge in [-0.05, 0) is 19.1 Å². The van der Waals surface area contributed by atoms with E-state index in [4.69, 9.17) is 0 Å². The van der Waals surface area contributed by atoms with Crippen LogP contribution >= 0.6 is 0 Å². The Morgan fingerprint density at radius 2 is 1.09 bits per heavy atom. The normalized spacial score (nSPS) is 13.9. The van der Waals surface area contributed by atoms with Crippen molar-refractivity contribution in [3.8, 4) is 0 Å². The lowest BCUT2D eigenvalue weighted by atomic mass is 10.2. The van der Waals surface area contributed by atoms with Gasteiger partial charge in [-0.25, -0.2) is 0 Å². The highest BCUT2D eigenvalue weighted by Gasteiger charge is 2.38. The third-order valence-corrected chi connectivity index (χ3v) is 12.1. The predicted molar refractivity (Wildman–Crippen MR) is 89.7 cm³/mol. The molecule has 1 rings (SSSR count). The first kappa shape index (κ1) is 20.1. The Kier molecular flexibility index (Phi) is 5.71. The molecule has 0 saturated heterocycles. The molecule has 132 valence electrons. The number of rotatable bonds is 6. The summed E-state index contributed by atoms with van der Waals surface area (Å²) >= 11 is 0. The van der Waals surface area contributed by atoms with Crippen molar-refractivity contribution in [1.82, 2.24) is 0 Å². The molecule has 0 atom stereocenters. The molecule has 0 heterocycles. The molecule has 0 aromatic heterocycles. The lowest BCUT2D eigenvalue weighted by Crippen LogP contribution is -2.37. The van der Waals surface area contributed by atoms with E-state index in [2.05, 4.69) is 0 Å². The second-order valence-electron chi connectivity index (χ2n) is 5.75. The highest BCUT2D eigenvalue weighted by Crippen LogP contribution is 2.36. The summed E-state index contributed by atoms with van der Waals surface area (Å²) < 4.78 is 74.0. The molecule has 0 fully saturated rings. The third-order valence-electron chi connectivity index (χ3n) is 3.26. The summed E-state index contributed by atoms with van der Waals surface area (Å²) in [5.74, 6) is 0. The smallest absolute Gasteiger partial charge is 0.0824 e. The molecular formula is C14H21O6S3-. The molecule has 0 N–H and O–H groups in total. The van der Waals surface area contributed by atoms with Gasteiger partial charge < -0.3 is 0 Å². The maximum absolute atomic E-state index is 12.8. The van der Waals surface area contributed by atoms with Crippen molar-refractivity contribution in [2.24, 2.45) is 0 Å². The minimum Gasteiger partial charge on any atom is -0.260 e. The molecule has 23 heavy (non-hydrogen) atoms. The van der Waals surface area contributed by atoms with Gasteiger partial charge in [-0.1, -0.05) is 45.4 Å². The van der Waals surface area contributed by atoms with Crippen LogP contribution in [-0.4, -0.2) is 35.8 Å². The van der Waals surface area contributed by atoms with Gasteiger partial charge in [-0.3, -0.25) is 25.3 Å². The molecule has 0 bridgehead atoms. The molecular weight excluding hydrogens is 360 g/mol. The van der Waals surface area contributed by atoms with Crippen molar-refractivity contribution in [2.75, 3.05) is 0 Å². The van der Waals surface area contributed by atoms with Crippen molar-refractivity contribution in [3.63, 3.8) is 0 Å². The van der Waals surface area contributed by atoms with E-state index in [0.29, 0.717) is 0 Å². The summed E-state index contributed by atoms with van der Waals surface area (Å²) in [4.78, 5) is -0.355. The number of benzene rings is 1. The van der Waals surface area contributed by atoms with Crippen LogP contribution in [-0.2, 0) is 29.5 Å². The van der Waals surface area contributed by atoms with Crippen molar-refractivity contribution in [3.05, 3.63) is 33.7 Å². The van der Waals surface area contributed by atoms with Gasteiger partial charge in [-0.2, -0.15) is 0 Å². The summed E-state index contributed by atoms with van der Waals surface area (Å²) in [6.07, 6.45) is 0. The van der Waals surface area contributed by atoms with Gasteiger partial charge in [0.1, 0.15) is 0 Å². The molecule has 6 nitrogen and oxygen atoms in total. The fourth-order valence-corrected chi connectivity index (χ4v) is 9.75. The number of aryl methyl sites for hydroxylation is 1. The summed E-state index contributed by atoms with van der Waals surface area (Å²) in [7, 11) is -13.7. The van der Waals surface area contributed by atoms with Crippen LogP contribution in [0.4, 0.5) is 0 Å². The van der Waals surface area contributed by atoms with Crippen LogP contribution in [0.2, 0.25) is 0 Å². The van der Waals surface area contributed by atoms with E-state index in [9.17, 15) is 25.3 Å². The molecule has 0 unspecified atom stereocenters. The molecule has 0 aliphatic rings. The zero-order valence-corrected chi connectivity index (χ0v) is 16.1. The molecule has 1 aromatic carbocycles. The van der Waals surface area contributed by atoms with E-state index in [-0.39, 0.29) is 4.90 Å². The molecule has 9 heteroatoms. The first-order valence-corrected chi connectivity index (χ1v) is 11.5. The quantitative estimate of drug-likeness (QED) is 0.697. The van der Waals surface area contributed by atoms with Crippen molar-refractivity contribution in [2.45, 2.75) is 50.0 Å². The second-order valence-corrected chi connectivity index (χ2v) is 13.3. The minimum atomic E-state index is -4.68. The lowest BCUT2D eigenvalue weighted by Gasteiger charge is -2.33. The van der Waals surface area contributed by atoms with E-state index in [0.717, 1.165) is 5.56 Å². The topological polar surface area (TPSA) is 102 Å². The predicted octanol–water partition coefficient (Wildman–Crippen LogP) is 1.86. The monoisotopic (exact) mass is 381 g/mol. The van der Waals surface area contributed by atoms with Gasteiger partial charge in [-0.15, -0.1) is 0 Å². The third kappa shape index (κ3) is 3.77. The maximum atomic E-state index is 12.8. The summed E-state index contributed by atoms with van der Waals surface area (Å²) in [6.45, 7) is 6.72. The van der Waals surface area contributed by atoms with Gasteiger partial charge in [0.2, 0.25) is 0 Å². The van der Waals surface area contributed by atoms with E-state index < -0.39 is 43.9 Å². The molecule has 0 spiro atoms. The molecule has 1 aromatic rings. The SMILES string of the molecule is Cc1ccc(S(=O)(=O)[C-](S(=O)(=O)C(C)C)S(=O)(=O)C(C)C)cc1. The van der Waals surface area contributed by atoms with Crippen LogP contribution in [0.25, 0.3) is 0 Å². The molecule has 0 saturated carbocycles. The number of hydrogen-bond acceptors (Lipinski definition) is 6. The second kappa shape index (κ2) is 6.52. The summed E-state index contributed by atoms with van der Waals surface area (Å²) in [6, 6.07) is 5.37. The minimum absolute atomic E-state index is 0.355. The Balaban J connectivity index is 3.76. The largest absolute Gasteiger partial charge is 0.260 e. The zero-order valence-electron chi connectivity index (χ0n) is 13.6.